The zero-order valence-electron chi connectivity index (χ0n) is 2.56. The Balaban J connectivity index is 0. The van der Waals surface area contributed by atoms with Crippen molar-refractivity contribution < 1.29 is 28.9 Å². The first kappa shape index (κ1) is 9.23. The molecule has 1 atom stereocenters. The molecule has 0 aliphatic rings. The van der Waals surface area contributed by atoms with Crippen molar-refractivity contribution >= 4 is 11.1 Å². The number of hydrogen-bond donors (Lipinski definition) is 0. The predicted molar refractivity (Wildman–Crippen MR) is 14.8 cm³/mol. The van der Waals surface area contributed by atoms with Crippen molar-refractivity contribution in [2.45, 2.75) is 0 Å². The van der Waals surface area contributed by atoms with E-state index in [1.54, 1.807) is 0 Å². The largest absolute Gasteiger partial charge is 0.773 e. The number of rotatable bonds is 0. The molecule has 0 rings (SSSR count). The molecule has 1 radical (unpaired) electrons. The Labute approximate surface area is 46.6 Å². The molecule has 4 heteroatoms. The van der Waals surface area contributed by atoms with Crippen LogP contribution in [0.4, 0.5) is 0 Å². The average molecular weight is 271 g/mol. The van der Waals surface area contributed by atoms with Crippen molar-refractivity contribution in [3.63, 3.8) is 0 Å². The Kier molecular flexibility index (Phi) is 8.79. The first-order valence-corrected chi connectivity index (χ1v) is 2.22. The molecule has 0 aromatic heterocycles. The van der Waals surface area contributed by atoms with E-state index >= 15 is 0 Å². The van der Waals surface area contributed by atoms with Gasteiger partial charge in [0.1, 0.15) is 0 Å². The van der Waals surface area contributed by atoms with Crippen LogP contribution in [0.2, 0.25) is 0 Å². The molecule has 0 spiro atoms. The third-order valence-electron chi connectivity index (χ3n) is 0. The van der Waals surface area contributed by atoms with E-state index in [1.807, 2.05) is 0 Å². The Morgan fingerprint density at radius 1 is 1.80 bits per heavy atom. The summed E-state index contributed by atoms with van der Waals surface area (Å²) < 4.78 is 18.0. The zero-order valence-corrected chi connectivity index (χ0v) is 5.77. The van der Waals surface area contributed by atoms with Crippen LogP contribution < -0.4 is 0 Å². The van der Waals surface area contributed by atoms with Gasteiger partial charge < -0.3 is 4.55 Å². The third kappa shape index (κ3) is 62.8. The molecule has 0 aliphatic heterocycles. The quantitative estimate of drug-likeness (QED) is 0.557. The summed E-state index contributed by atoms with van der Waals surface area (Å²) in [5, 5.41) is 0. The van der Waals surface area contributed by atoms with Gasteiger partial charge in [-0.3, -0.25) is 4.21 Å². The summed E-state index contributed by atoms with van der Waals surface area (Å²) >= 11 is -1.86. The molecule has 0 aliphatic carbocycles. The molecule has 0 saturated heterocycles. The topological polar surface area (TPSA) is 40.1 Å². The molecular formula is CH3IrO2S-. The van der Waals surface area contributed by atoms with Crippen LogP contribution in [0, 0.1) is 0 Å². The Bertz CT molecular complexity index is 32.6. The van der Waals surface area contributed by atoms with E-state index in [0.29, 0.717) is 0 Å². The predicted octanol–water partition coefficient (Wildman–Crippen LogP) is -0.507. The Hall–Kier alpha value is 0.759. The summed E-state index contributed by atoms with van der Waals surface area (Å²) in [5.41, 5.74) is 0. The van der Waals surface area contributed by atoms with Crippen molar-refractivity contribution in [3.8, 4) is 0 Å². The summed E-state index contributed by atoms with van der Waals surface area (Å²) in [7, 11) is 0. The van der Waals surface area contributed by atoms with Crippen LogP contribution in [0.1, 0.15) is 0 Å². The van der Waals surface area contributed by atoms with E-state index in [-0.39, 0.29) is 20.1 Å². The van der Waals surface area contributed by atoms with Gasteiger partial charge in [0.2, 0.25) is 0 Å². The van der Waals surface area contributed by atoms with Gasteiger partial charge in [-0.1, -0.05) is 11.1 Å². The van der Waals surface area contributed by atoms with Crippen molar-refractivity contribution in [3.05, 3.63) is 0 Å². The molecule has 2 nitrogen and oxygen atoms in total. The standard InChI is InChI=1S/CH4O2S.Ir/c1-4(2)3;/h1H3,(H,2,3);/p-1. The summed E-state index contributed by atoms with van der Waals surface area (Å²) in [6, 6.07) is 0. The molecular weight excluding hydrogens is 268 g/mol. The molecule has 0 heterocycles. The fourth-order valence-corrected chi connectivity index (χ4v) is 0. The molecule has 0 saturated carbocycles. The van der Waals surface area contributed by atoms with Gasteiger partial charge in [-0.15, -0.1) is 0 Å². The van der Waals surface area contributed by atoms with Gasteiger partial charge in [0.25, 0.3) is 0 Å². The average Bonchev–Trinajstić information content (AvgIpc) is 0.811. The molecule has 35 valence electrons. The normalized spacial score (nSPS) is 12.4. The van der Waals surface area contributed by atoms with Gasteiger partial charge >= 0.3 is 0 Å². The maximum Gasteiger partial charge on any atom is 0 e. The molecule has 5 heavy (non-hydrogen) atoms. The van der Waals surface area contributed by atoms with Crippen LogP contribution in [0.15, 0.2) is 0 Å². The van der Waals surface area contributed by atoms with Crippen LogP contribution >= 0.6 is 0 Å². The third-order valence-corrected chi connectivity index (χ3v) is 0. The van der Waals surface area contributed by atoms with Crippen LogP contribution in [0.3, 0.4) is 0 Å². The monoisotopic (exact) mass is 272 g/mol. The maximum absolute atomic E-state index is 9.00. The molecule has 0 amide bonds. The second kappa shape index (κ2) is 4.76. The summed E-state index contributed by atoms with van der Waals surface area (Å²) in [6.07, 6.45) is 1.08. The summed E-state index contributed by atoms with van der Waals surface area (Å²) in [6.45, 7) is 0. The van der Waals surface area contributed by atoms with Gasteiger partial charge in [0, 0.05) is 20.1 Å². The van der Waals surface area contributed by atoms with E-state index in [0.717, 1.165) is 6.26 Å². The van der Waals surface area contributed by atoms with E-state index in [2.05, 4.69) is 0 Å². The Morgan fingerprint density at radius 3 is 1.80 bits per heavy atom. The second-order valence-corrected chi connectivity index (χ2v) is 1.20. The fourth-order valence-electron chi connectivity index (χ4n) is 0. The fraction of sp³-hybridized carbons (Fsp3) is 1.00. The summed E-state index contributed by atoms with van der Waals surface area (Å²) in [5.74, 6) is 0. The van der Waals surface area contributed by atoms with Crippen LogP contribution in [-0.4, -0.2) is 15.0 Å². The van der Waals surface area contributed by atoms with E-state index in [1.165, 1.54) is 0 Å². The first-order valence-electron chi connectivity index (χ1n) is 0.742. The van der Waals surface area contributed by atoms with Crippen LogP contribution in [-0.2, 0) is 31.2 Å². The minimum Gasteiger partial charge on any atom is -0.773 e. The van der Waals surface area contributed by atoms with Gasteiger partial charge in [0.15, 0.2) is 0 Å². The molecule has 0 fully saturated rings. The van der Waals surface area contributed by atoms with E-state index < -0.39 is 11.1 Å². The maximum atomic E-state index is 9.00. The van der Waals surface area contributed by atoms with Gasteiger partial charge in [-0.2, -0.15) is 0 Å². The van der Waals surface area contributed by atoms with E-state index in [4.69, 9.17) is 8.76 Å². The van der Waals surface area contributed by atoms with Gasteiger partial charge in [-0.25, -0.2) is 0 Å². The second-order valence-electron chi connectivity index (χ2n) is 0.401. The minimum atomic E-state index is -1.86. The van der Waals surface area contributed by atoms with Crippen LogP contribution in [0.25, 0.3) is 0 Å². The molecule has 0 aromatic carbocycles. The molecule has 0 aromatic rings. The molecule has 1 unspecified atom stereocenters. The Morgan fingerprint density at radius 2 is 1.80 bits per heavy atom. The van der Waals surface area contributed by atoms with Gasteiger partial charge in [0.05, 0.1) is 0 Å². The van der Waals surface area contributed by atoms with Crippen molar-refractivity contribution in [1.82, 2.24) is 0 Å². The zero-order chi connectivity index (χ0) is 3.58. The van der Waals surface area contributed by atoms with Crippen molar-refractivity contribution in [2.24, 2.45) is 0 Å². The smallest absolute Gasteiger partial charge is 0 e. The first-order chi connectivity index (χ1) is 1.73. The molecule has 0 N–H and O–H groups in total. The van der Waals surface area contributed by atoms with Crippen LogP contribution in [0.5, 0.6) is 0 Å². The van der Waals surface area contributed by atoms with Crippen molar-refractivity contribution in [1.29, 1.82) is 0 Å². The van der Waals surface area contributed by atoms with Gasteiger partial charge in [-0.05, 0) is 6.26 Å². The number of hydrogen-bond acceptors (Lipinski definition) is 2. The molecule has 0 bridgehead atoms. The minimum absolute atomic E-state index is 0. The van der Waals surface area contributed by atoms with E-state index in [9.17, 15) is 0 Å². The van der Waals surface area contributed by atoms with Crippen molar-refractivity contribution in [2.75, 3.05) is 6.26 Å². The SMILES string of the molecule is CS(=O)[O-].[Ir]. The summed E-state index contributed by atoms with van der Waals surface area (Å²) in [4.78, 5) is 0.